The van der Waals surface area contributed by atoms with Crippen LogP contribution in [0.1, 0.15) is 0 Å². The average Bonchev–Trinajstić information content (AvgIpc) is 2.85. The molecule has 0 radical (unpaired) electrons. The van der Waals surface area contributed by atoms with Crippen LogP contribution in [0.5, 0.6) is 0 Å². The van der Waals surface area contributed by atoms with Gasteiger partial charge >= 0.3 is 0 Å². The van der Waals surface area contributed by atoms with Crippen LogP contribution < -0.4 is 0 Å². The monoisotopic (exact) mass is 285 g/mol. The van der Waals surface area contributed by atoms with Crippen molar-refractivity contribution in [2.24, 2.45) is 0 Å². The lowest BCUT2D eigenvalue weighted by molar-refractivity contribution is 0.673. The third kappa shape index (κ3) is 1.20. The molecule has 0 unspecified atom stereocenters. The Morgan fingerprint density at radius 2 is 1.88 bits per heavy atom. The van der Waals surface area contributed by atoms with Crippen LogP contribution in [0.25, 0.3) is 33.0 Å². The Kier molecular flexibility index (Phi) is 1.72. The van der Waals surface area contributed by atoms with Crippen molar-refractivity contribution in [3.63, 3.8) is 0 Å². The van der Waals surface area contributed by atoms with E-state index in [1.165, 1.54) is 0 Å². The van der Waals surface area contributed by atoms with Gasteiger partial charge in [-0.25, -0.2) is 0 Å². The van der Waals surface area contributed by atoms with Gasteiger partial charge in [-0.1, -0.05) is 28.1 Å². The molecule has 0 saturated carbocycles. The number of benzene rings is 2. The number of para-hydroxylation sites is 1. The van der Waals surface area contributed by atoms with E-state index in [2.05, 4.69) is 39.1 Å². The van der Waals surface area contributed by atoms with E-state index in [1.54, 1.807) is 0 Å². The van der Waals surface area contributed by atoms with Crippen molar-refractivity contribution in [1.29, 1.82) is 0 Å². The van der Waals surface area contributed by atoms with Crippen molar-refractivity contribution >= 4 is 48.9 Å². The number of rotatable bonds is 0. The Morgan fingerprint density at radius 3 is 2.82 bits per heavy atom. The molecular formula is C14H8BrNO. The largest absolute Gasteiger partial charge is 0.454 e. The second kappa shape index (κ2) is 3.14. The van der Waals surface area contributed by atoms with Crippen molar-refractivity contribution in [1.82, 2.24) is 4.98 Å². The minimum Gasteiger partial charge on any atom is -0.454 e. The topological polar surface area (TPSA) is 28.9 Å². The lowest BCUT2D eigenvalue weighted by Gasteiger charge is -1.91. The Bertz CT molecular complexity index is 856. The van der Waals surface area contributed by atoms with Crippen LogP contribution in [0.4, 0.5) is 0 Å². The first-order valence-electron chi connectivity index (χ1n) is 5.41. The molecular weight excluding hydrogens is 278 g/mol. The first-order chi connectivity index (χ1) is 8.33. The van der Waals surface area contributed by atoms with Crippen molar-refractivity contribution in [3.8, 4) is 0 Å². The van der Waals surface area contributed by atoms with Gasteiger partial charge in [0.25, 0.3) is 0 Å². The van der Waals surface area contributed by atoms with E-state index >= 15 is 0 Å². The maximum absolute atomic E-state index is 5.91. The zero-order valence-corrected chi connectivity index (χ0v) is 10.4. The number of H-pyrrole nitrogens is 1. The molecule has 2 aromatic heterocycles. The molecule has 0 amide bonds. The van der Waals surface area contributed by atoms with Gasteiger partial charge in [-0.05, 0) is 30.3 Å². The summed E-state index contributed by atoms with van der Waals surface area (Å²) in [6.45, 7) is 0. The molecule has 0 fully saturated rings. The molecule has 3 heteroatoms. The number of halogens is 1. The molecule has 4 aromatic rings. The molecule has 2 aromatic carbocycles. The third-order valence-electron chi connectivity index (χ3n) is 3.08. The zero-order valence-electron chi connectivity index (χ0n) is 8.83. The minimum atomic E-state index is 0.927. The Morgan fingerprint density at radius 1 is 1.00 bits per heavy atom. The number of furan rings is 1. The Balaban J connectivity index is 2.30. The molecule has 4 rings (SSSR count). The summed E-state index contributed by atoms with van der Waals surface area (Å²) in [6, 6.07) is 14.3. The number of aromatic nitrogens is 1. The van der Waals surface area contributed by atoms with Crippen LogP contribution in [-0.4, -0.2) is 4.98 Å². The van der Waals surface area contributed by atoms with Gasteiger partial charge in [-0.15, -0.1) is 0 Å². The van der Waals surface area contributed by atoms with Crippen molar-refractivity contribution < 1.29 is 4.42 Å². The van der Waals surface area contributed by atoms with E-state index in [0.717, 1.165) is 37.4 Å². The summed E-state index contributed by atoms with van der Waals surface area (Å²) in [4.78, 5) is 3.41. The van der Waals surface area contributed by atoms with Gasteiger partial charge in [0, 0.05) is 20.8 Å². The van der Waals surface area contributed by atoms with Gasteiger partial charge in [0.15, 0.2) is 5.58 Å². The molecule has 2 heterocycles. The molecule has 0 aliphatic rings. The fraction of sp³-hybridized carbons (Fsp3) is 0. The SMILES string of the molecule is Brc1ccc2[nH]c3c4ccccc4oc3c2c1. The maximum Gasteiger partial charge on any atom is 0.160 e. The summed E-state index contributed by atoms with van der Waals surface area (Å²) in [5.41, 5.74) is 4.04. The fourth-order valence-corrected chi connectivity index (χ4v) is 2.67. The van der Waals surface area contributed by atoms with Crippen LogP contribution in [-0.2, 0) is 0 Å². The number of nitrogens with one attached hydrogen (secondary N) is 1. The first-order valence-corrected chi connectivity index (χ1v) is 6.21. The summed E-state index contributed by atoms with van der Waals surface area (Å²) in [6.07, 6.45) is 0. The fourth-order valence-electron chi connectivity index (χ4n) is 2.31. The number of fused-ring (bicyclic) bond motifs is 5. The predicted molar refractivity (Wildman–Crippen MR) is 73.3 cm³/mol. The molecule has 0 aliphatic carbocycles. The summed E-state index contributed by atoms with van der Waals surface area (Å²) < 4.78 is 6.97. The van der Waals surface area contributed by atoms with E-state index in [0.29, 0.717) is 0 Å². The second-order valence-corrected chi connectivity index (χ2v) is 5.03. The van der Waals surface area contributed by atoms with E-state index in [9.17, 15) is 0 Å². The molecule has 0 aliphatic heterocycles. The number of hydrogen-bond donors (Lipinski definition) is 1. The molecule has 0 spiro atoms. The lowest BCUT2D eigenvalue weighted by atomic mass is 10.2. The average molecular weight is 286 g/mol. The van der Waals surface area contributed by atoms with E-state index < -0.39 is 0 Å². The highest BCUT2D eigenvalue weighted by Crippen LogP contribution is 2.34. The van der Waals surface area contributed by atoms with Gasteiger partial charge in [0.05, 0.1) is 5.52 Å². The summed E-state index contributed by atoms with van der Waals surface area (Å²) in [5, 5.41) is 2.25. The normalized spacial score (nSPS) is 11.8. The Hall–Kier alpha value is -1.74. The molecule has 0 saturated heterocycles. The summed E-state index contributed by atoms with van der Waals surface area (Å²) >= 11 is 3.49. The van der Waals surface area contributed by atoms with Crippen LogP contribution in [0.15, 0.2) is 51.4 Å². The first kappa shape index (κ1) is 9.31. The summed E-state index contributed by atoms with van der Waals surface area (Å²) in [5.74, 6) is 0. The van der Waals surface area contributed by atoms with Gasteiger partial charge < -0.3 is 9.40 Å². The van der Waals surface area contributed by atoms with Crippen molar-refractivity contribution in [2.45, 2.75) is 0 Å². The van der Waals surface area contributed by atoms with Gasteiger partial charge in [-0.3, -0.25) is 0 Å². The van der Waals surface area contributed by atoms with E-state index in [-0.39, 0.29) is 0 Å². The maximum atomic E-state index is 5.91. The lowest BCUT2D eigenvalue weighted by Crippen LogP contribution is -1.69. The van der Waals surface area contributed by atoms with Crippen LogP contribution in [0, 0.1) is 0 Å². The highest BCUT2D eigenvalue weighted by molar-refractivity contribution is 9.10. The number of hydrogen-bond acceptors (Lipinski definition) is 1. The molecule has 82 valence electrons. The van der Waals surface area contributed by atoms with Crippen molar-refractivity contribution in [3.05, 3.63) is 46.9 Å². The smallest absolute Gasteiger partial charge is 0.160 e. The number of aromatic amines is 1. The van der Waals surface area contributed by atoms with Gasteiger partial charge in [0.1, 0.15) is 5.58 Å². The molecule has 0 bridgehead atoms. The Labute approximate surface area is 105 Å². The van der Waals surface area contributed by atoms with Crippen LogP contribution in [0.2, 0.25) is 0 Å². The van der Waals surface area contributed by atoms with Crippen molar-refractivity contribution in [2.75, 3.05) is 0 Å². The van der Waals surface area contributed by atoms with E-state index in [4.69, 9.17) is 4.42 Å². The molecule has 0 atom stereocenters. The quantitative estimate of drug-likeness (QED) is 0.493. The highest BCUT2D eigenvalue weighted by Gasteiger charge is 2.12. The minimum absolute atomic E-state index is 0.927. The van der Waals surface area contributed by atoms with Crippen LogP contribution >= 0.6 is 15.9 Å². The van der Waals surface area contributed by atoms with Crippen LogP contribution in [0.3, 0.4) is 0 Å². The zero-order chi connectivity index (χ0) is 11.4. The third-order valence-corrected chi connectivity index (χ3v) is 3.57. The molecule has 2 nitrogen and oxygen atoms in total. The summed E-state index contributed by atoms with van der Waals surface area (Å²) in [7, 11) is 0. The predicted octanol–water partition coefficient (Wildman–Crippen LogP) is 4.83. The highest BCUT2D eigenvalue weighted by atomic mass is 79.9. The molecule has 17 heavy (non-hydrogen) atoms. The van der Waals surface area contributed by atoms with Gasteiger partial charge in [-0.2, -0.15) is 0 Å². The standard InChI is InChI=1S/C14H8BrNO/c15-8-5-6-11-10(7-8)14-13(16-11)9-3-1-2-4-12(9)17-14/h1-7,16H. The van der Waals surface area contributed by atoms with E-state index in [1.807, 2.05) is 24.3 Å². The second-order valence-electron chi connectivity index (χ2n) is 4.12. The van der Waals surface area contributed by atoms with Gasteiger partial charge in [0.2, 0.25) is 0 Å². The molecule has 1 N–H and O–H groups in total.